The Balaban J connectivity index is 1.39. The van der Waals surface area contributed by atoms with Crippen molar-refractivity contribution in [2.75, 3.05) is 13.2 Å². The summed E-state index contributed by atoms with van der Waals surface area (Å²) < 4.78 is 5.54. The SMILES string of the molecule is CC(C)(C)NC(=O)COc1ccc(CNCCc2nc3ccccc3[nH]2)cc1. The molecule has 6 nitrogen and oxygen atoms in total. The first-order valence-corrected chi connectivity index (χ1v) is 9.56. The van der Waals surface area contributed by atoms with Gasteiger partial charge in [-0.05, 0) is 50.6 Å². The zero-order chi connectivity index (χ0) is 20.0. The second kappa shape index (κ2) is 8.89. The minimum Gasteiger partial charge on any atom is -0.484 e. The highest BCUT2D eigenvalue weighted by molar-refractivity contribution is 5.78. The number of carbonyl (C=O) groups is 1. The molecule has 0 aliphatic rings. The third-order valence-corrected chi connectivity index (χ3v) is 4.11. The average Bonchev–Trinajstić information content (AvgIpc) is 3.06. The van der Waals surface area contributed by atoms with E-state index < -0.39 is 0 Å². The van der Waals surface area contributed by atoms with Gasteiger partial charge in [0.25, 0.3) is 5.91 Å². The Morgan fingerprint density at radius 2 is 1.86 bits per heavy atom. The minimum absolute atomic E-state index is 0.0202. The van der Waals surface area contributed by atoms with Gasteiger partial charge in [-0.2, -0.15) is 0 Å². The maximum atomic E-state index is 11.8. The Labute approximate surface area is 165 Å². The highest BCUT2D eigenvalue weighted by atomic mass is 16.5. The minimum atomic E-state index is -0.252. The Kier molecular flexibility index (Phi) is 6.31. The molecule has 0 spiro atoms. The predicted molar refractivity (Wildman–Crippen MR) is 111 cm³/mol. The monoisotopic (exact) mass is 380 g/mol. The number of H-pyrrole nitrogens is 1. The van der Waals surface area contributed by atoms with E-state index in [0.29, 0.717) is 5.75 Å². The number of hydrogen-bond acceptors (Lipinski definition) is 4. The van der Waals surface area contributed by atoms with Crippen LogP contribution in [0.25, 0.3) is 11.0 Å². The molecule has 0 saturated heterocycles. The van der Waals surface area contributed by atoms with Gasteiger partial charge in [0, 0.05) is 25.0 Å². The summed E-state index contributed by atoms with van der Waals surface area (Å²) in [6, 6.07) is 15.8. The Bertz CT molecular complexity index is 877. The molecule has 0 radical (unpaired) electrons. The molecule has 1 heterocycles. The van der Waals surface area contributed by atoms with Crippen LogP contribution in [0.5, 0.6) is 5.75 Å². The van der Waals surface area contributed by atoms with Gasteiger partial charge in [0.1, 0.15) is 11.6 Å². The zero-order valence-electron chi connectivity index (χ0n) is 16.7. The zero-order valence-corrected chi connectivity index (χ0v) is 16.7. The predicted octanol–water partition coefficient (Wildman–Crippen LogP) is 3.19. The first kappa shape index (κ1) is 19.9. The van der Waals surface area contributed by atoms with Crippen LogP contribution in [0.4, 0.5) is 0 Å². The van der Waals surface area contributed by atoms with E-state index in [1.807, 2.05) is 69.3 Å². The number of hydrogen-bond donors (Lipinski definition) is 3. The first-order chi connectivity index (χ1) is 13.4. The number of para-hydroxylation sites is 2. The number of nitrogens with zero attached hydrogens (tertiary/aromatic N) is 1. The lowest BCUT2D eigenvalue weighted by Gasteiger charge is -2.20. The van der Waals surface area contributed by atoms with Crippen LogP contribution in [0.15, 0.2) is 48.5 Å². The molecule has 3 rings (SSSR count). The van der Waals surface area contributed by atoms with Gasteiger partial charge in [0.2, 0.25) is 0 Å². The number of ether oxygens (including phenoxy) is 1. The van der Waals surface area contributed by atoms with Crippen molar-refractivity contribution in [2.45, 2.75) is 39.3 Å². The van der Waals surface area contributed by atoms with Crippen molar-refractivity contribution in [1.29, 1.82) is 0 Å². The lowest BCUT2D eigenvalue weighted by molar-refractivity contribution is -0.124. The summed E-state index contributed by atoms with van der Waals surface area (Å²) in [5.41, 5.74) is 2.99. The fraction of sp³-hybridized carbons (Fsp3) is 0.364. The van der Waals surface area contributed by atoms with Crippen molar-refractivity contribution in [3.05, 3.63) is 59.9 Å². The van der Waals surface area contributed by atoms with Gasteiger partial charge in [-0.3, -0.25) is 4.79 Å². The van der Waals surface area contributed by atoms with Gasteiger partial charge in [-0.25, -0.2) is 4.98 Å². The molecule has 0 atom stereocenters. The second-order valence-corrected chi connectivity index (χ2v) is 7.86. The molecule has 148 valence electrons. The standard InChI is InChI=1S/C22H28N4O2/c1-22(2,3)26-21(27)15-28-17-10-8-16(9-11-17)14-23-13-12-20-24-18-6-4-5-7-19(18)25-20/h4-11,23H,12-15H2,1-3H3,(H,24,25)(H,26,27). The Morgan fingerprint density at radius 3 is 2.57 bits per heavy atom. The summed E-state index contributed by atoms with van der Waals surface area (Å²) in [4.78, 5) is 19.7. The summed E-state index contributed by atoms with van der Waals surface area (Å²) in [5, 5.41) is 6.30. The molecule has 6 heteroatoms. The van der Waals surface area contributed by atoms with Crippen LogP contribution >= 0.6 is 0 Å². The van der Waals surface area contributed by atoms with Gasteiger partial charge >= 0.3 is 0 Å². The highest BCUT2D eigenvalue weighted by Crippen LogP contribution is 2.13. The second-order valence-electron chi connectivity index (χ2n) is 7.86. The summed E-state index contributed by atoms with van der Waals surface area (Å²) >= 11 is 0. The van der Waals surface area contributed by atoms with E-state index in [9.17, 15) is 4.79 Å². The molecule has 0 unspecified atom stereocenters. The molecular formula is C22H28N4O2. The molecule has 3 N–H and O–H groups in total. The Hall–Kier alpha value is -2.86. The van der Waals surface area contributed by atoms with Gasteiger partial charge in [-0.1, -0.05) is 24.3 Å². The van der Waals surface area contributed by atoms with Gasteiger partial charge in [-0.15, -0.1) is 0 Å². The molecule has 0 aliphatic carbocycles. The van der Waals surface area contributed by atoms with Crippen LogP contribution in [0, 0.1) is 0 Å². The van der Waals surface area contributed by atoms with E-state index >= 15 is 0 Å². The number of fused-ring (bicyclic) bond motifs is 1. The molecule has 0 saturated carbocycles. The summed E-state index contributed by atoms with van der Waals surface area (Å²) in [7, 11) is 0. The van der Waals surface area contributed by atoms with Crippen molar-refractivity contribution < 1.29 is 9.53 Å². The van der Waals surface area contributed by atoms with Crippen molar-refractivity contribution >= 4 is 16.9 Å². The smallest absolute Gasteiger partial charge is 0.258 e. The van der Waals surface area contributed by atoms with E-state index in [0.717, 1.165) is 41.9 Å². The number of aromatic amines is 1. The molecule has 2 aromatic carbocycles. The van der Waals surface area contributed by atoms with Gasteiger partial charge in [0.05, 0.1) is 11.0 Å². The number of amides is 1. The van der Waals surface area contributed by atoms with E-state index in [4.69, 9.17) is 4.74 Å². The lowest BCUT2D eigenvalue weighted by Crippen LogP contribution is -2.43. The summed E-state index contributed by atoms with van der Waals surface area (Å²) in [5.74, 6) is 1.56. The molecule has 0 aliphatic heterocycles. The van der Waals surface area contributed by atoms with Crippen LogP contribution in [0.2, 0.25) is 0 Å². The van der Waals surface area contributed by atoms with Crippen molar-refractivity contribution in [3.63, 3.8) is 0 Å². The van der Waals surface area contributed by atoms with Gasteiger partial charge < -0.3 is 20.4 Å². The van der Waals surface area contributed by atoms with E-state index in [1.165, 1.54) is 0 Å². The van der Waals surface area contributed by atoms with Crippen LogP contribution in [-0.4, -0.2) is 34.6 Å². The molecule has 1 amide bonds. The quantitative estimate of drug-likeness (QED) is 0.525. The molecular weight excluding hydrogens is 352 g/mol. The molecule has 1 aromatic heterocycles. The van der Waals surface area contributed by atoms with Crippen LogP contribution in [-0.2, 0) is 17.8 Å². The molecule has 0 bridgehead atoms. The Morgan fingerprint density at radius 1 is 1.11 bits per heavy atom. The number of rotatable bonds is 8. The maximum Gasteiger partial charge on any atom is 0.258 e. The number of imidazole rings is 1. The van der Waals surface area contributed by atoms with Crippen molar-refractivity contribution in [2.24, 2.45) is 0 Å². The largest absolute Gasteiger partial charge is 0.484 e. The van der Waals surface area contributed by atoms with Crippen LogP contribution < -0.4 is 15.4 Å². The molecule has 3 aromatic rings. The topological polar surface area (TPSA) is 79.0 Å². The summed E-state index contributed by atoms with van der Waals surface area (Å²) in [6.45, 7) is 7.46. The average molecular weight is 380 g/mol. The van der Waals surface area contributed by atoms with E-state index in [2.05, 4.69) is 20.6 Å². The van der Waals surface area contributed by atoms with Gasteiger partial charge in [0.15, 0.2) is 6.61 Å². The lowest BCUT2D eigenvalue weighted by atomic mass is 10.1. The number of benzene rings is 2. The van der Waals surface area contributed by atoms with E-state index in [-0.39, 0.29) is 18.1 Å². The molecule has 28 heavy (non-hydrogen) atoms. The van der Waals surface area contributed by atoms with Crippen molar-refractivity contribution in [1.82, 2.24) is 20.6 Å². The molecule has 0 fully saturated rings. The normalized spacial score (nSPS) is 11.5. The first-order valence-electron chi connectivity index (χ1n) is 9.56. The number of nitrogens with one attached hydrogen (secondary N) is 3. The third kappa shape index (κ3) is 6.09. The third-order valence-electron chi connectivity index (χ3n) is 4.11. The van der Waals surface area contributed by atoms with Crippen LogP contribution in [0.3, 0.4) is 0 Å². The fourth-order valence-corrected chi connectivity index (χ4v) is 2.87. The van der Waals surface area contributed by atoms with E-state index in [1.54, 1.807) is 0 Å². The number of aromatic nitrogens is 2. The maximum absolute atomic E-state index is 11.8. The van der Waals surface area contributed by atoms with Crippen LogP contribution in [0.1, 0.15) is 32.2 Å². The number of carbonyl (C=O) groups excluding carboxylic acids is 1. The van der Waals surface area contributed by atoms with Crippen molar-refractivity contribution in [3.8, 4) is 5.75 Å². The highest BCUT2D eigenvalue weighted by Gasteiger charge is 2.13. The fourth-order valence-electron chi connectivity index (χ4n) is 2.87. The summed E-state index contributed by atoms with van der Waals surface area (Å²) in [6.07, 6.45) is 0.846.